The van der Waals surface area contributed by atoms with Crippen LogP contribution < -0.4 is 4.73 Å². The number of nitrogens with zero attached hydrogens (tertiary/aromatic N) is 1. The Balaban J connectivity index is 2.01. The van der Waals surface area contributed by atoms with E-state index in [9.17, 15) is 5.21 Å². The zero-order valence-electron chi connectivity index (χ0n) is 10.8. The van der Waals surface area contributed by atoms with E-state index in [1.807, 2.05) is 36.4 Å². The summed E-state index contributed by atoms with van der Waals surface area (Å²) in [6, 6.07) is 19.9. The number of fused-ring (bicyclic) bond motifs is 1. The van der Waals surface area contributed by atoms with E-state index >= 15 is 0 Å². The van der Waals surface area contributed by atoms with Gasteiger partial charge < -0.3 is 5.21 Å². The summed E-state index contributed by atoms with van der Waals surface area (Å²) >= 11 is 0. The first-order chi connectivity index (χ1) is 9.24. The van der Waals surface area contributed by atoms with Gasteiger partial charge in [-0.2, -0.15) is 4.73 Å². The molecule has 94 valence electrons. The summed E-state index contributed by atoms with van der Waals surface area (Å²) in [6.45, 7) is 2.06. The molecule has 19 heavy (non-hydrogen) atoms. The summed E-state index contributed by atoms with van der Waals surface area (Å²) in [5, 5.41) is 13.3. The van der Waals surface area contributed by atoms with Gasteiger partial charge in [0.15, 0.2) is 5.69 Å². The first kappa shape index (κ1) is 11.7. The number of hydrogen-bond donors (Lipinski definition) is 0. The average molecular weight is 249 g/mol. The number of benzene rings is 2. The lowest BCUT2D eigenvalue weighted by Crippen LogP contribution is -2.32. The van der Waals surface area contributed by atoms with Crippen molar-refractivity contribution in [1.82, 2.24) is 0 Å². The van der Waals surface area contributed by atoms with E-state index in [0.29, 0.717) is 6.42 Å². The van der Waals surface area contributed by atoms with Gasteiger partial charge in [0.2, 0.25) is 5.52 Å². The van der Waals surface area contributed by atoms with Crippen molar-refractivity contribution in [1.29, 1.82) is 0 Å². The van der Waals surface area contributed by atoms with Gasteiger partial charge in [-0.15, -0.1) is 0 Å². The zero-order chi connectivity index (χ0) is 13.2. The van der Waals surface area contributed by atoms with Gasteiger partial charge in [0.05, 0.1) is 6.42 Å². The van der Waals surface area contributed by atoms with Crippen LogP contribution in [0.5, 0.6) is 0 Å². The van der Waals surface area contributed by atoms with E-state index in [1.165, 1.54) is 5.56 Å². The van der Waals surface area contributed by atoms with Crippen molar-refractivity contribution in [2.75, 3.05) is 0 Å². The molecule has 0 saturated heterocycles. The summed E-state index contributed by atoms with van der Waals surface area (Å²) in [7, 11) is 0. The number of pyridine rings is 1. The van der Waals surface area contributed by atoms with Crippen molar-refractivity contribution in [2.45, 2.75) is 13.3 Å². The van der Waals surface area contributed by atoms with E-state index in [1.54, 1.807) is 0 Å². The Morgan fingerprint density at radius 2 is 1.63 bits per heavy atom. The van der Waals surface area contributed by atoms with Crippen LogP contribution in [0.1, 0.15) is 16.8 Å². The Hall–Kier alpha value is -2.35. The molecule has 0 aliphatic rings. The molecule has 2 nitrogen and oxygen atoms in total. The van der Waals surface area contributed by atoms with Crippen LogP contribution in [0, 0.1) is 12.1 Å². The molecule has 2 heteroatoms. The normalized spacial score (nSPS) is 10.8. The Bertz CT molecular complexity index is 717. The van der Waals surface area contributed by atoms with Crippen LogP contribution in [0.2, 0.25) is 0 Å². The van der Waals surface area contributed by atoms with E-state index in [4.69, 9.17) is 0 Å². The average Bonchev–Trinajstić information content (AvgIpc) is 2.45. The third kappa shape index (κ3) is 2.29. The molecule has 0 saturated carbocycles. The maximum absolute atomic E-state index is 12.3. The highest BCUT2D eigenvalue weighted by Crippen LogP contribution is 2.13. The molecule has 0 fully saturated rings. The summed E-state index contributed by atoms with van der Waals surface area (Å²) in [6.07, 6.45) is 0.661. The Morgan fingerprint density at radius 3 is 2.42 bits per heavy atom. The topological polar surface area (TPSA) is 26.9 Å². The van der Waals surface area contributed by atoms with Crippen molar-refractivity contribution in [3.63, 3.8) is 0 Å². The summed E-state index contributed by atoms with van der Waals surface area (Å²) in [4.78, 5) is 0. The molecule has 0 spiro atoms. The van der Waals surface area contributed by atoms with Gasteiger partial charge in [-0.1, -0.05) is 42.0 Å². The van der Waals surface area contributed by atoms with Gasteiger partial charge in [-0.05, 0) is 24.6 Å². The SMILES string of the molecule is Cc1ccc(Cc2ccc3ccccc3[n+]2[O-])cc1. The second-order valence-corrected chi connectivity index (χ2v) is 4.84. The van der Waals surface area contributed by atoms with Crippen LogP contribution in [0.25, 0.3) is 10.9 Å². The fraction of sp³-hybridized carbons (Fsp3) is 0.118. The molecule has 0 amide bonds. The summed E-state index contributed by atoms with van der Waals surface area (Å²) < 4.78 is 1.04. The lowest BCUT2D eigenvalue weighted by Gasteiger charge is -2.07. The van der Waals surface area contributed by atoms with Gasteiger partial charge in [0, 0.05) is 17.5 Å². The van der Waals surface area contributed by atoms with Crippen LogP contribution in [0.4, 0.5) is 0 Å². The lowest BCUT2D eigenvalue weighted by atomic mass is 10.1. The molecule has 0 unspecified atom stereocenters. The third-order valence-electron chi connectivity index (χ3n) is 3.38. The Kier molecular flexibility index (Phi) is 2.92. The second kappa shape index (κ2) is 4.73. The largest absolute Gasteiger partial charge is 0.618 e. The van der Waals surface area contributed by atoms with Crippen molar-refractivity contribution in [2.24, 2.45) is 0 Å². The maximum atomic E-state index is 12.3. The first-order valence-electron chi connectivity index (χ1n) is 6.40. The van der Waals surface area contributed by atoms with Crippen LogP contribution >= 0.6 is 0 Å². The van der Waals surface area contributed by atoms with Gasteiger partial charge >= 0.3 is 0 Å². The van der Waals surface area contributed by atoms with Crippen molar-refractivity contribution in [3.05, 3.63) is 82.7 Å². The van der Waals surface area contributed by atoms with Crippen molar-refractivity contribution >= 4 is 10.9 Å². The number of rotatable bonds is 2. The van der Waals surface area contributed by atoms with E-state index < -0.39 is 0 Å². The molecular formula is C17H15NO. The fourth-order valence-electron chi connectivity index (χ4n) is 2.27. The molecule has 0 atom stereocenters. The molecule has 1 aromatic heterocycles. The molecule has 3 rings (SSSR count). The highest BCUT2D eigenvalue weighted by molar-refractivity contribution is 5.75. The monoisotopic (exact) mass is 249 g/mol. The maximum Gasteiger partial charge on any atom is 0.223 e. The Morgan fingerprint density at radius 1 is 0.895 bits per heavy atom. The van der Waals surface area contributed by atoms with Gasteiger partial charge in [-0.3, -0.25) is 0 Å². The van der Waals surface area contributed by atoms with Crippen LogP contribution in [0.15, 0.2) is 60.7 Å². The minimum atomic E-state index is 0.661. The van der Waals surface area contributed by atoms with Gasteiger partial charge in [-0.25, -0.2) is 0 Å². The standard InChI is InChI=1S/C17H15NO/c1-13-6-8-14(9-7-13)12-16-11-10-15-4-2-3-5-17(15)18(16)19/h2-11H,12H2,1H3. The minimum absolute atomic E-state index is 0.661. The third-order valence-corrected chi connectivity index (χ3v) is 3.38. The predicted molar refractivity (Wildman–Crippen MR) is 76.9 cm³/mol. The molecule has 3 aromatic rings. The highest BCUT2D eigenvalue weighted by atomic mass is 16.5. The van der Waals surface area contributed by atoms with E-state index in [2.05, 4.69) is 31.2 Å². The Labute approximate surface area is 112 Å². The van der Waals surface area contributed by atoms with E-state index in [-0.39, 0.29) is 0 Å². The molecule has 1 heterocycles. The number of aromatic nitrogens is 1. The second-order valence-electron chi connectivity index (χ2n) is 4.84. The first-order valence-corrected chi connectivity index (χ1v) is 6.40. The fourth-order valence-corrected chi connectivity index (χ4v) is 2.27. The summed E-state index contributed by atoms with van der Waals surface area (Å²) in [5.74, 6) is 0. The predicted octanol–water partition coefficient (Wildman–Crippen LogP) is 3.37. The highest BCUT2D eigenvalue weighted by Gasteiger charge is 2.10. The molecule has 0 aliphatic carbocycles. The number of aryl methyl sites for hydroxylation is 1. The number of para-hydroxylation sites is 1. The van der Waals surface area contributed by atoms with Crippen LogP contribution in [0.3, 0.4) is 0 Å². The quantitative estimate of drug-likeness (QED) is 0.505. The zero-order valence-corrected chi connectivity index (χ0v) is 10.8. The molecule has 0 N–H and O–H groups in total. The molecule has 0 radical (unpaired) electrons. The van der Waals surface area contributed by atoms with Crippen LogP contribution in [-0.2, 0) is 6.42 Å². The van der Waals surface area contributed by atoms with Crippen molar-refractivity contribution < 1.29 is 4.73 Å². The van der Waals surface area contributed by atoms with Gasteiger partial charge in [0.25, 0.3) is 0 Å². The summed E-state index contributed by atoms with van der Waals surface area (Å²) in [5.41, 5.74) is 3.90. The smallest absolute Gasteiger partial charge is 0.223 e. The molecular weight excluding hydrogens is 234 g/mol. The molecule has 2 aromatic carbocycles. The number of hydrogen-bond acceptors (Lipinski definition) is 1. The molecule has 0 aliphatic heterocycles. The van der Waals surface area contributed by atoms with Crippen molar-refractivity contribution in [3.8, 4) is 0 Å². The van der Waals surface area contributed by atoms with E-state index in [0.717, 1.165) is 26.9 Å². The minimum Gasteiger partial charge on any atom is -0.618 e. The van der Waals surface area contributed by atoms with Gasteiger partial charge in [0.1, 0.15) is 0 Å². The lowest BCUT2D eigenvalue weighted by molar-refractivity contribution is -0.585. The molecule has 0 bridgehead atoms. The van der Waals surface area contributed by atoms with Crippen LogP contribution in [-0.4, -0.2) is 0 Å².